The Morgan fingerprint density at radius 3 is 2.27 bits per heavy atom. The molecule has 9 heteroatoms. The van der Waals surface area contributed by atoms with Crippen molar-refractivity contribution in [1.82, 2.24) is 4.31 Å². The summed E-state index contributed by atoms with van der Waals surface area (Å²) in [5.74, 6) is 0.191. The van der Waals surface area contributed by atoms with E-state index in [1.165, 1.54) is 18.2 Å². The molecule has 1 amide bonds. The molecular weight excluding hydrogens is 483 g/mol. The molecule has 0 spiro atoms. The number of hydrogen-bond acceptors (Lipinski definition) is 4. The number of amides is 1. The molecule has 1 N–H and O–H groups in total. The summed E-state index contributed by atoms with van der Waals surface area (Å²) in [7, 11) is -3.98. The van der Waals surface area contributed by atoms with Crippen molar-refractivity contribution in [3.8, 4) is 5.75 Å². The molecule has 3 aromatic rings. The maximum absolute atomic E-state index is 13.4. The van der Waals surface area contributed by atoms with Crippen molar-refractivity contribution in [3.63, 3.8) is 0 Å². The monoisotopic (exact) mass is 506 g/mol. The van der Waals surface area contributed by atoms with Gasteiger partial charge in [0.1, 0.15) is 5.75 Å². The van der Waals surface area contributed by atoms with E-state index in [0.29, 0.717) is 33.7 Å². The highest BCUT2D eigenvalue weighted by molar-refractivity contribution is 7.89. The highest BCUT2D eigenvalue weighted by Gasteiger charge is 2.27. The molecule has 3 rings (SSSR count). The molecule has 3 aromatic carbocycles. The van der Waals surface area contributed by atoms with Gasteiger partial charge in [0.05, 0.1) is 18.0 Å². The Morgan fingerprint density at radius 1 is 1.00 bits per heavy atom. The van der Waals surface area contributed by atoms with Gasteiger partial charge >= 0.3 is 0 Å². The molecule has 0 fully saturated rings. The Balaban J connectivity index is 1.85. The molecule has 0 bridgehead atoms. The van der Waals surface area contributed by atoms with E-state index < -0.39 is 22.5 Å². The van der Waals surface area contributed by atoms with Crippen LogP contribution < -0.4 is 10.1 Å². The maximum Gasteiger partial charge on any atom is 0.243 e. The molecule has 0 aliphatic carbocycles. The van der Waals surface area contributed by atoms with Crippen LogP contribution in [0.2, 0.25) is 10.0 Å². The van der Waals surface area contributed by atoms with Gasteiger partial charge in [-0.05, 0) is 67.9 Å². The number of halogens is 2. The second-order valence-electron chi connectivity index (χ2n) is 7.33. The summed E-state index contributed by atoms with van der Waals surface area (Å²) in [6.45, 7) is 3.79. The van der Waals surface area contributed by atoms with Gasteiger partial charge < -0.3 is 10.1 Å². The summed E-state index contributed by atoms with van der Waals surface area (Å²) in [5.41, 5.74) is 1.99. The van der Waals surface area contributed by atoms with E-state index in [4.69, 9.17) is 27.9 Å². The van der Waals surface area contributed by atoms with Crippen molar-refractivity contribution in [1.29, 1.82) is 0 Å². The minimum atomic E-state index is -3.98. The lowest BCUT2D eigenvalue weighted by Gasteiger charge is -2.22. The summed E-state index contributed by atoms with van der Waals surface area (Å²) in [6, 6.07) is 18.1. The number of carbonyl (C=O) groups excluding carboxylic acids is 1. The van der Waals surface area contributed by atoms with Crippen LogP contribution in [0.25, 0.3) is 0 Å². The number of anilines is 1. The van der Waals surface area contributed by atoms with Crippen LogP contribution >= 0.6 is 23.2 Å². The van der Waals surface area contributed by atoms with Crippen LogP contribution in [0.15, 0.2) is 71.6 Å². The third-order valence-electron chi connectivity index (χ3n) is 4.79. The minimum absolute atomic E-state index is 0.0899. The molecule has 0 aliphatic rings. The van der Waals surface area contributed by atoms with Crippen LogP contribution in [0.1, 0.15) is 18.1 Å². The SMILES string of the molecule is CCOc1ccc(NC(=O)CN(Cc2ccc(Cl)cc2Cl)S(=O)(=O)c2ccc(C)cc2)cc1. The van der Waals surface area contributed by atoms with E-state index in [1.807, 2.05) is 13.8 Å². The van der Waals surface area contributed by atoms with Gasteiger partial charge in [-0.3, -0.25) is 4.79 Å². The van der Waals surface area contributed by atoms with Crippen molar-refractivity contribution in [3.05, 3.63) is 87.9 Å². The average molecular weight is 507 g/mol. The van der Waals surface area contributed by atoms with Gasteiger partial charge in [-0.2, -0.15) is 4.31 Å². The first-order chi connectivity index (χ1) is 15.7. The van der Waals surface area contributed by atoms with Crippen LogP contribution in [0.5, 0.6) is 5.75 Å². The van der Waals surface area contributed by atoms with Gasteiger partial charge in [-0.15, -0.1) is 0 Å². The van der Waals surface area contributed by atoms with Gasteiger partial charge in [0.15, 0.2) is 0 Å². The van der Waals surface area contributed by atoms with Crippen LogP contribution in [0.3, 0.4) is 0 Å². The zero-order valence-electron chi connectivity index (χ0n) is 18.2. The molecule has 0 atom stereocenters. The summed E-state index contributed by atoms with van der Waals surface area (Å²) in [5, 5.41) is 3.48. The first-order valence-corrected chi connectivity index (χ1v) is 12.4. The van der Waals surface area contributed by atoms with Gasteiger partial charge in [0.2, 0.25) is 15.9 Å². The van der Waals surface area contributed by atoms with Gasteiger partial charge in [0, 0.05) is 22.3 Å². The number of nitrogens with zero attached hydrogens (tertiary/aromatic N) is 1. The lowest BCUT2D eigenvalue weighted by Crippen LogP contribution is -2.37. The molecule has 174 valence electrons. The quantitative estimate of drug-likeness (QED) is 0.413. The number of rotatable bonds is 9. The maximum atomic E-state index is 13.4. The molecule has 0 saturated heterocycles. The minimum Gasteiger partial charge on any atom is -0.494 e. The zero-order valence-corrected chi connectivity index (χ0v) is 20.5. The Hall–Kier alpha value is -2.58. The summed E-state index contributed by atoms with van der Waals surface area (Å²) >= 11 is 12.2. The number of carbonyl (C=O) groups is 1. The average Bonchev–Trinajstić information content (AvgIpc) is 2.77. The molecule has 0 aromatic heterocycles. The molecule has 0 unspecified atom stereocenters. The molecular formula is C24H24Cl2N2O4S. The number of hydrogen-bond donors (Lipinski definition) is 1. The lowest BCUT2D eigenvalue weighted by molar-refractivity contribution is -0.116. The van der Waals surface area contributed by atoms with E-state index in [2.05, 4.69) is 5.32 Å². The number of ether oxygens (including phenoxy) is 1. The molecule has 0 heterocycles. The Kier molecular flexibility index (Phi) is 8.37. The van der Waals surface area contributed by atoms with E-state index in [1.54, 1.807) is 48.5 Å². The fourth-order valence-corrected chi connectivity index (χ4v) is 4.93. The predicted octanol–water partition coefficient (Wildman–Crippen LogP) is 5.53. The van der Waals surface area contributed by atoms with Crippen LogP contribution in [0, 0.1) is 6.92 Å². The third kappa shape index (κ3) is 6.71. The summed E-state index contributed by atoms with van der Waals surface area (Å²) in [6.07, 6.45) is 0. The number of aryl methyl sites for hydroxylation is 1. The standard InChI is InChI=1S/C24H24Cl2N2O4S/c1-3-32-21-10-8-20(9-11-21)27-24(29)16-28(15-18-6-7-19(25)14-23(18)26)33(30,31)22-12-4-17(2)5-13-22/h4-14H,3,15-16H2,1-2H3,(H,27,29). The largest absolute Gasteiger partial charge is 0.494 e. The van der Waals surface area contributed by atoms with E-state index in [-0.39, 0.29) is 11.4 Å². The summed E-state index contributed by atoms with van der Waals surface area (Å²) in [4.78, 5) is 12.9. The Morgan fingerprint density at radius 2 is 1.67 bits per heavy atom. The van der Waals surface area contributed by atoms with Crippen LogP contribution in [0.4, 0.5) is 5.69 Å². The van der Waals surface area contributed by atoms with Crippen molar-refractivity contribution in [2.75, 3.05) is 18.5 Å². The molecule has 6 nitrogen and oxygen atoms in total. The van der Waals surface area contributed by atoms with Gasteiger partial charge in [-0.1, -0.05) is 47.0 Å². The fraction of sp³-hybridized carbons (Fsp3) is 0.208. The van der Waals surface area contributed by atoms with E-state index in [9.17, 15) is 13.2 Å². The van der Waals surface area contributed by atoms with Crippen LogP contribution in [-0.2, 0) is 21.4 Å². The third-order valence-corrected chi connectivity index (χ3v) is 7.18. The van der Waals surface area contributed by atoms with Crippen molar-refractivity contribution in [2.24, 2.45) is 0 Å². The highest BCUT2D eigenvalue weighted by atomic mass is 35.5. The second-order valence-corrected chi connectivity index (χ2v) is 10.1. The highest BCUT2D eigenvalue weighted by Crippen LogP contribution is 2.25. The lowest BCUT2D eigenvalue weighted by atomic mass is 10.2. The molecule has 33 heavy (non-hydrogen) atoms. The Labute approximate surface area is 204 Å². The number of benzene rings is 3. The molecule has 0 aliphatic heterocycles. The fourth-order valence-electron chi connectivity index (χ4n) is 3.09. The Bertz CT molecular complexity index is 1210. The normalized spacial score (nSPS) is 11.4. The van der Waals surface area contributed by atoms with Crippen molar-refractivity contribution >= 4 is 44.8 Å². The second kappa shape index (κ2) is 11.0. The van der Waals surface area contributed by atoms with E-state index in [0.717, 1.165) is 9.87 Å². The summed E-state index contributed by atoms with van der Waals surface area (Å²) < 4.78 is 33.3. The molecule has 0 saturated carbocycles. The topological polar surface area (TPSA) is 75.7 Å². The first kappa shape index (κ1) is 25.1. The van der Waals surface area contributed by atoms with Crippen molar-refractivity contribution < 1.29 is 17.9 Å². The molecule has 0 radical (unpaired) electrons. The van der Waals surface area contributed by atoms with E-state index >= 15 is 0 Å². The predicted molar refractivity (Wildman–Crippen MR) is 131 cm³/mol. The van der Waals surface area contributed by atoms with Gasteiger partial charge in [-0.25, -0.2) is 8.42 Å². The van der Waals surface area contributed by atoms with Crippen LogP contribution in [-0.4, -0.2) is 31.8 Å². The number of nitrogens with one attached hydrogen (secondary N) is 1. The zero-order chi connectivity index (χ0) is 24.0. The smallest absolute Gasteiger partial charge is 0.243 e. The van der Waals surface area contributed by atoms with Crippen molar-refractivity contribution in [2.45, 2.75) is 25.3 Å². The van der Waals surface area contributed by atoms with Gasteiger partial charge in [0.25, 0.3) is 0 Å². The first-order valence-electron chi connectivity index (χ1n) is 10.2. The number of sulfonamides is 1.